The van der Waals surface area contributed by atoms with Crippen molar-refractivity contribution in [2.24, 2.45) is 0 Å². The molecule has 33 heavy (non-hydrogen) atoms. The molecule has 0 unspecified atom stereocenters. The maximum atomic E-state index is 13.1. The van der Waals surface area contributed by atoms with Crippen LogP contribution in [0.25, 0.3) is 10.2 Å². The normalized spacial score (nSPS) is 10.8. The topological polar surface area (TPSA) is 102 Å². The van der Waals surface area contributed by atoms with Crippen molar-refractivity contribution in [3.05, 3.63) is 80.7 Å². The van der Waals surface area contributed by atoms with Crippen molar-refractivity contribution >= 4 is 56.3 Å². The van der Waals surface area contributed by atoms with Crippen LogP contribution in [-0.2, 0) is 11.3 Å². The Morgan fingerprint density at radius 3 is 2.70 bits per heavy atom. The quantitative estimate of drug-likeness (QED) is 0.426. The van der Waals surface area contributed by atoms with Gasteiger partial charge in [-0.1, -0.05) is 29.8 Å². The van der Waals surface area contributed by atoms with Crippen LogP contribution >= 0.6 is 22.9 Å². The zero-order chi connectivity index (χ0) is 23.5. The SMILES string of the molecule is COc1ccccc1NC(=O)Cn1cnc2sc(C(=O)Nc3cccc(Cl)c3)c(C)c2c1=O. The van der Waals surface area contributed by atoms with Crippen LogP contribution in [0.3, 0.4) is 0 Å². The number of fused-ring (bicyclic) bond motifs is 1. The molecule has 0 saturated heterocycles. The zero-order valence-electron chi connectivity index (χ0n) is 17.7. The first-order valence-electron chi connectivity index (χ1n) is 9.85. The first kappa shape index (κ1) is 22.5. The van der Waals surface area contributed by atoms with Gasteiger partial charge in [0.2, 0.25) is 5.91 Å². The van der Waals surface area contributed by atoms with E-state index < -0.39 is 11.5 Å². The van der Waals surface area contributed by atoms with Gasteiger partial charge >= 0.3 is 0 Å². The summed E-state index contributed by atoms with van der Waals surface area (Å²) in [7, 11) is 1.51. The lowest BCUT2D eigenvalue weighted by Crippen LogP contribution is -2.28. The molecule has 8 nitrogen and oxygen atoms in total. The molecule has 4 aromatic rings. The summed E-state index contributed by atoms with van der Waals surface area (Å²) in [5.74, 6) is -0.261. The molecule has 2 amide bonds. The molecular formula is C23H19ClN4O4S. The molecule has 168 valence electrons. The first-order chi connectivity index (χ1) is 15.9. The predicted molar refractivity (Wildman–Crippen MR) is 130 cm³/mol. The minimum absolute atomic E-state index is 0.237. The van der Waals surface area contributed by atoms with Crippen LogP contribution in [0.5, 0.6) is 5.75 Å². The van der Waals surface area contributed by atoms with E-state index in [1.807, 2.05) is 0 Å². The number of carbonyl (C=O) groups excluding carboxylic acids is 2. The largest absolute Gasteiger partial charge is 0.495 e. The molecule has 4 rings (SSSR count). The minimum atomic E-state index is -0.408. The summed E-state index contributed by atoms with van der Waals surface area (Å²) in [6.45, 7) is 1.45. The molecule has 2 N–H and O–H groups in total. The number of benzene rings is 2. The predicted octanol–water partition coefficient (Wildman–Crippen LogP) is 4.32. The summed E-state index contributed by atoms with van der Waals surface area (Å²) >= 11 is 7.09. The number of hydrogen-bond acceptors (Lipinski definition) is 6. The van der Waals surface area contributed by atoms with Gasteiger partial charge in [-0.2, -0.15) is 0 Å². The molecule has 0 radical (unpaired) electrons. The van der Waals surface area contributed by atoms with Gasteiger partial charge in [-0.05, 0) is 42.8 Å². The van der Waals surface area contributed by atoms with Gasteiger partial charge in [0.05, 0.1) is 29.4 Å². The number of para-hydroxylation sites is 2. The molecule has 2 heterocycles. The number of methoxy groups -OCH3 is 1. The van der Waals surface area contributed by atoms with E-state index in [-0.39, 0.29) is 12.5 Å². The Kier molecular flexibility index (Phi) is 6.43. The molecule has 0 aliphatic carbocycles. The summed E-state index contributed by atoms with van der Waals surface area (Å²) in [4.78, 5) is 43.5. The van der Waals surface area contributed by atoms with Crippen LogP contribution in [0, 0.1) is 6.92 Å². The van der Waals surface area contributed by atoms with Crippen LogP contribution < -0.4 is 20.9 Å². The third kappa shape index (κ3) is 4.74. The number of ether oxygens (including phenoxy) is 1. The highest BCUT2D eigenvalue weighted by Crippen LogP contribution is 2.28. The maximum Gasteiger partial charge on any atom is 0.266 e. The number of aryl methyl sites for hydroxylation is 1. The summed E-state index contributed by atoms with van der Waals surface area (Å²) < 4.78 is 6.44. The second kappa shape index (κ2) is 9.43. The fourth-order valence-electron chi connectivity index (χ4n) is 3.33. The molecule has 2 aromatic heterocycles. The number of nitrogens with zero attached hydrogens (tertiary/aromatic N) is 2. The van der Waals surface area contributed by atoms with Gasteiger partial charge in [-0.15, -0.1) is 11.3 Å². The van der Waals surface area contributed by atoms with E-state index in [9.17, 15) is 14.4 Å². The summed E-state index contributed by atoms with van der Waals surface area (Å²) in [5, 5.41) is 6.32. The number of aromatic nitrogens is 2. The molecule has 0 bridgehead atoms. The average molecular weight is 483 g/mol. The number of halogens is 1. The van der Waals surface area contributed by atoms with Crippen LogP contribution in [0.1, 0.15) is 15.2 Å². The number of anilines is 2. The third-order valence-electron chi connectivity index (χ3n) is 4.90. The number of rotatable bonds is 6. The Labute approximate surface area is 197 Å². The van der Waals surface area contributed by atoms with Crippen molar-refractivity contribution in [2.75, 3.05) is 17.7 Å². The van der Waals surface area contributed by atoms with Crippen LogP contribution in [0.15, 0.2) is 59.7 Å². The van der Waals surface area contributed by atoms with Crippen molar-refractivity contribution in [3.8, 4) is 5.75 Å². The Hall–Kier alpha value is -3.69. The molecule has 0 spiro atoms. The first-order valence-corrected chi connectivity index (χ1v) is 11.0. The zero-order valence-corrected chi connectivity index (χ0v) is 19.3. The fraction of sp³-hybridized carbons (Fsp3) is 0.130. The van der Waals surface area contributed by atoms with Crippen molar-refractivity contribution < 1.29 is 14.3 Å². The molecule has 0 saturated carbocycles. The van der Waals surface area contributed by atoms with E-state index in [4.69, 9.17) is 16.3 Å². The molecule has 0 aliphatic rings. The van der Waals surface area contributed by atoms with Gasteiger partial charge in [0.1, 0.15) is 17.1 Å². The Bertz CT molecular complexity index is 1430. The lowest BCUT2D eigenvalue weighted by atomic mass is 10.2. The highest BCUT2D eigenvalue weighted by atomic mass is 35.5. The Morgan fingerprint density at radius 2 is 1.94 bits per heavy atom. The number of amides is 2. The summed E-state index contributed by atoms with van der Waals surface area (Å²) in [5.41, 5.74) is 1.15. The van der Waals surface area contributed by atoms with Crippen molar-refractivity contribution in [3.63, 3.8) is 0 Å². The maximum absolute atomic E-state index is 13.1. The molecule has 2 aromatic carbocycles. The van der Waals surface area contributed by atoms with E-state index in [0.717, 1.165) is 11.3 Å². The van der Waals surface area contributed by atoms with Gasteiger partial charge in [-0.3, -0.25) is 19.0 Å². The van der Waals surface area contributed by atoms with Crippen molar-refractivity contribution in [1.29, 1.82) is 0 Å². The minimum Gasteiger partial charge on any atom is -0.495 e. The second-order valence-corrected chi connectivity index (χ2v) is 8.56. The number of nitrogens with one attached hydrogen (secondary N) is 2. The van der Waals surface area contributed by atoms with E-state index >= 15 is 0 Å². The standard InChI is InChI=1S/C23H19ClN4O4S/c1-13-19-22(33-20(13)21(30)26-15-7-5-6-14(24)10-15)25-12-28(23(19)31)11-18(29)27-16-8-3-4-9-17(16)32-2/h3-10,12H,11H2,1-2H3,(H,26,30)(H,27,29). The smallest absolute Gasteiger partial charge is 0.266 e. The van der Waals surface area contributed by atoms with Crippen LogP contribution in [-0.4, -0.2) is 28.5 Å². The fourth-order valence-corrected chi connectivity index (χ4v) is 4.56. The third-order valence-corrected chi connectivity index (χ3v) is 6.33. The monoisotopic (exact) mass is 482 g/mol. The molecule has 0 fully saturated rings. The van der Waals surface area contributed by atoms with E-state index in [0.29, 0.717) is 42.8 Å². The Morgan fingerprint density at radius 1 is 1.15 bits per heavy atom. The average Bonchev–Trinajstić information content (AvgIpc) is 3.13. The highest BCUT2D eigenvalue weighted by molar-refractivity contribution is 7.20. The van der Waals surface area contributed by atoms with E-state index in [1.54, 1.807) is 55.5 Å². The lowest BCUT2D eigenvalue weighted by Gasteiger charge is -2.10. The number of hydrogen-bond donors (Lipinski definition) is 2. The van der Waals surface area contributed by atoms with Crippen molar-refractivity contribution in [1.82, 2.24) is 9.55 Å². The highest BCUT2D eigenvalue weighted by Gasteiger charge is 2.20. The second-order valence-electron chi connectivity index (χ2n) is 7.13. The summed E-state index contributed by atoms with van der Waals surface area (Å²) in [6, 6.07) is 13.8. The van der Waals surface area contributed by atoms with Crippen LogP contribution in [0.4, 0.5) is 11.4 Å². The Balaban J connectivity index is 1.58. The van der Waals surface area contributed by atoms with Crippen molar-refractivity contribution in [2.45, 2.75) is 13.5 Å². The van der Waals surface area contributed by atoms with E-state index in [2.05, 4.69) is 15.6 Å². The number of thiophene rings is 1. The van der Waals surface area contributed by atoms with Gasteiger partial charge in [0.25, 0.3) is 11.5 Å². The number of carbonyl (C=O) groups is 2. The van der Waals surface area contributed by atoms with Gasteiger partial charge in [0, 0.05) is 10.7 Å². The lowest BCUT2D eigenvalue weighted by molar-refractivity contribution is -0.116. The molecule has 0 aliphatic heterocycles. The van der Waals surface area contributed by atoms with Gasteiger partial charge in [0.15, 0.2) is 0 Å². The molecular weight excluding hydrogens is 464 g/mol. The van der Waals surface area contributed by atoms with Crippen LogP contribution in [0.2, 0.25) is 5.02 Å². The van der Waals surface area contributed by atoms with E-state index in [1.165, 1.54) is 18.0 Å². The molecule has 10 heteroatoms. The van der Waals surface area contributed by atoms with Gasteiger partial charge in [-0.25, -0.2) is 4.98 Å². The summed E-state index contributed by atoms with van der Waals surface area (Å²) in [6.07, 6.45) is 1.31. The van der Waals surface area contributed by atoms with Gasteiger partial charge < -0.3 is 15.4 Å². The molecule has 0 atom stereocenters.